The first-order valence-electron chi connectivity index (χ1n) is 6.46. The van der Waals surface area contributed by atoms with Gasteiger partial charge in [0.25, 0.3) is 0 Å². The van der Waals surface area contributed by atoms with Crippen molar-refractivity contribution < 1.29 is 29.2 Å². The largest absolute Gasteiger partial charge is 0.475 e. The van der Waals surface area contributed by atoms with Crippen LogP contribution < -0.4 is 9.47 Å². The van der Waals surface area contributed by atoms with Gasteiger partial charge >= 0.3 is 0 Å². The summed E-state index contributed by atoms with van der Waals surface area (Å²) in [6.45, 7) is 2.10. The highest BCUT2D eigenvalue weighted by Crippen LogP contribution is 2.13. The second-order valence-electron chi connectivity index (χ2n) is 3.68. The molecule has 0 amide bonds. The molecule has 0 atom stereocenters. The third kappa shape index (κ3) is 7.90. The SMILES string of the molecule is OCCOCCOc1cccc(OCCOCCO)n1. The third-order valence-electron chi connectivity index (χ3n) is 2.12. The third-order valence-corrected chi connectivity index (χ3v) is 2.12. The summed E-state index contributed by atoms with van der Waals surface area (Å²) in [5.74, 6) is 0.901. The molecule has 1 rings (SSSR count). The molecule has 0 fully saturated rings. The van der Waals surface area contributed by atoms with Crippen molar-refractivity contribution in [3.63, 3.8) is 0 Å². The molecular formula is C13H21NO6. The van der Waals surface area contributed by atoms with E-state index in [0.717, 1.165) is 0 Å². The van der Waals surface area contributed by atoms with Crippen molar-refractivity contribution >= 4 is 0 Å². The topological polar surface area (TPSA) is 90.3 Å². The number of hydrogen-bond acceptors (Lipinski definition) is 7. The van der Waals surface area contributed by atoms with E-state index < -0.39 is 0 Å². The summed E-state index contributed by atoms with van der Waals surface area (Å²) in [5, 5.41) is 17.1. The van der Waals surface area contributed by atoms with Crippen LogP contribution in [0.15, 0.2) is 18.2 Å². The Labute approximate surface area is 118 Å². The standard InChI is InChI=1S/C13H21NO6/c15-4-6-17-8-10-19-12-2-1-3-13(14-12)20-11-9-18-7-5-16/h1-3,15-16H,4-11H2. The summed E-state index contributed by atoms with van der Waals surface area (Å²) in [7, 11) is 0. The van der Waals surface area contributed by atoms with Crippen molar-refractivity contribution in [1.29, 1.82) is 0 Å². The Morgan fingerprint density at radius 1 is 0.750 bits per heavy atom. The zero-order chi connectivity index (χ0) is 14.5. The van der Waals surface area contributed by atoms with Gasteiger partial charge in [-0.2, -0.15) is 4.98 Å². The van der Waals surface area contributed by atoms with Crippen LogP contribution in [-0.4, -0.2) is 68.1 Å². The van der Waals surface area contributed by atoms with E-state index in [4.69, 9.17) is 29.2 Å². The summed E-state index contributed by atoms with van der Waals surface area (Å²) in [4.78, 5) is 4.15. The maximum Gasteiger partial charge on any atom is 0.216 e. The Bertz CT molecular complexity index is 320. The van der Waals surface area contributed by atoms with Gasteiger partial charge in [0.2, 0.25) is 11.8 Å². The van der Waals surface area contributed by atoms with Crippen LogP contribution in [-0.2, 0) is 9.47 Å². The van der Waals surface area contributed by atoms with Crippen LogP contribution in [0.5, 0.6) is 11.8 Å². The van der Waals surface area contributed by atoms with Crippen LogP contribution in [0, 0.1) is 0 Å². The number of hydrogen-bond donors (Lipinski definition) is 2. The first-order valence-corrected chi connectivity index (χ1v) is 6.46. The van der Waals surface area contributed by atoms with Gasteiger partial charge in [-0.25, -0.2) is 0 Å². The van der Waals surface area contributed by atoms with E-state index in [1.54, 1.807) is 18.2 Å². The normalized spacial score (nSPS) is 10.5. The van der Waals surface area contributed by atoms with Crippen LogP contribution in [0.1, 0.15) is 0 Å². The van der Waals surface area contributed by atoms with Crippen LogP contribution in [0.4, 0.5) is 0 Å². The molecular weight excluding hydrogens is 266 g/mol. The Kier molecular flexibility index (Phi) is 9.50. The minimum absolute atomic E-state index is 0.0000720. The highest BCUT2D eigenvalue weighted by molar-refractivity contribution is 5.19. The number of aliphatic hydroxyl groups excluding tert-OH is 2. The van der Waals surface area contributed by atoms with Gasteiger partial charge in [0.1, 0.15) is 13.2 Å². The number of pyridine rings is 1. The summed E-state index contributed by atoms with van der Waals surface area (Å²) in [6, 6.07) is 5.23. The lowest BCUT2D eigenvalue weighted by molar-refractivity contribution is 0.0668. The van der Waals surface area contributed by atoms with E-state index >= 15 is 0 Å². The molecule has 20 heavy (non-hydrogen) atoms. The van der Waals surface area contributed by atoms with Crippen molar-refractivity contribution in [1.82, 2.24) is 4.98 Å². The summed E-state index contributed by atoms with van der Waals surface area (Å²) >= 11 is 0. The highest BCUT2D eigenvalue weighted by atomic mass is 16.5. The molecule has 7 nitrogen and oxygen atoms in total. The van der Waals surface area contributed by atoms with E-state index in [1.165, 1.54) is 0 Å². The number of nitrogens with zero attached hydrogens (tertiary/aromatic N) is 1. The Morgan fingerprint density at radius 3 is 1.70 bits per heavy atom. The molecule has 1 heterocycles. The van der Waals surface area contributed by atoms with Crippen molar-refractivity contribution in [3.8, 4) is 11.8 Å². The molecule has 7 heteroatoms. The van der Waals surface area contributed by atoms with Gasteiger partial charge in [-0.3, -0.25) is 0 Å². The number of rotatable bonds is 12. The molecule has 2 N–H and O–H groups in total. The fourth-order valence-corrected chi connectivity index (χ4v) is 1.30. The van der Waals surface area contributed by atoms with Gasteiger partial charge in [-0.05, 0) is 0 Å². The van der Waals surface area contributed by atoms with Crippen LogP contribution >= 0.6 is 0 Å². The maximum absolute atomic E-state index is 8.54. The monoisotopic (exact) mass is 287 g/mol. The molecule has 0 radical (unpaired) electrons. The number of aromatic nitrogens is 1. The van der Waals surface area contributed by atoms with E-state index in [-0.39, 0.29) is 13.2 Å². The van der Waals surface area contributed by atoms with E-state index in [1.807, 2.05) is 0 Å². The molecule has 0 aliphatic heterocycles. The van der Waals surface area contributed by atoms with Gasteiger partial charge in [-0.15, -0.1) is 0 Å². The zero-order valence-corrected chi connectivity index (χ0v) is 11.4. The molecule has 0 saturated carbocycles. The zero-order valence-electron chi connectivity index (χ0n) is 11.4. The maximum atomic E-state index is 8.54. The molecule has 1 aromatic rings. The van der Waals surface area contributed by atoms with Crippen molar-refractivity contribution in [2.45, 2.75) is 0 Å². The Hall–Kier alpha value is -1.41. The Morgan fingerprint density at radius 2 is 1.25 bits per heavy atom. The average molecular weight is 287 g/mol. The van der Waals surface area contributed by atoms with E-state index in [9.17, 15) is 0 Å². The first kappa shape index (κ1) is 16.6. The van der Waals surface area contributed by atoms with Gasteiger partial charge in [0.05, 0.1) is 39.6 Å². The minimum Gasteiger partial charge on any atom is -0.475 e. The molecule has 0 aliphatic rings. The predicted molar refractivity (Wildman–Crippen MR) is 71.0 cm³/mol. The Balaban J connectivity index is 2.19. The van der Waals surface area contributed by atoms with E-state index in [2.05, 4.69) is 4.98 Å². The molecule has 1 aromatic heterocycles. The molecule has 0 aromatic carbocycles. The minimum atomic E-state index is -0.0000720. The lowest BCUT2D eigenvalue weighted by Crippen LogP contribution is -2.11. The fourth-order valence-electron chi connectivity index (χ4n) is 1.30. The molecule has 0 unspecified atom stereocenters. The lowest BCUT2D eigenvalue weighted by Gasteiger charge is -2.08. The second kappa shape index (κ2) is 11.4. The molecule has 0 bridgehead atoms. The quantitative estimate of drug-likeness (QED) is 0.517. The molecule has 0 spiro atoms. The molecule has 0 saturated heterocycles. The smallest absolute Gasteiger partial charge is 0.216 e. The summed E-state index contributed by atoms with van der Waals surface area (Å²) in [6.07, 6.45) is 0. The van der Waals surface area contributed by atoms with Gasteiger partial charge in [0.15, 0.2) is 0 Å². The summed E-state index contributed by atoms with van der Waals surface area (Å²) in [5.41, 5.74) is 0. The average Bonchev–Trinajstić information content (AvgIpc) is 2.47. The summed E-state index contributed by atoms with van der Waals surface area (Å²) < 4.78 is 20.9. The lowest BCUT2D eigenvalue weighted by atomic mass is 10.5. The number of aliphatic hydroxyl groups is 2. The molecule has 0 aliphatic carbocycles. The van der Waals surface area contributed by atoms with Crippen LogP contribution in [0.3, 0.4) is 0 Å². The second-order valence-corrected chi connectivity index (χ2v) is 3.68. The predicted octanol–water partition coefficient (Wildman–Crippen LogP) is -0.143. The van der Waals surface area contributed by atoms with Gasteiger partial charge in [-0.1, -0.05) is 6.07 Å². The van der Waals surface area contributed by atoms with Crippen LogP contribution in [0.2, 0.25) is 0 Å². The van der Waals surface area contributed by atoms with Crippen LogP contribution in [0.25, 0.3) is 0 Å². The van der Waals surface area contributed by atoms with Crippen molar-refractivity contribution in [2.24, 2.45) is 0 Å². The van der Waals surface area contributed by atoms with Gasteiger partial charge < -0.3 is 29.2 Å². The number of ether oxygens (including phenoxy) is 4. The fraction of sp³-hybridized carbons (Fsp3) is 0.615. The highest BCUT2D eigenvalue weighted by Gasteiger charge is 2.00. The first-order chi connectivity index (χ1) is 9.86. The van der Waals surface area contributed by atoms with Crippen molar-refractivity contribution in [2.75, 3.05) is 52.9 Å². The molecule has 114 valence electrons. The van der Waals surface area contributed by atoms with Gasteiger partial charge in [0, 0.05) is 12.1 Å². The van der Waals surface area contributed by atoms with Crippen molar-refractivity contribution in [3.05, 3.63) is 18.2 Å². The van der Waals surface area contributed by atoms with E-state index in [0.29, 0.717) is 51.4 Å².